The molecule has 186 valence electrons. The third-order valence-corrected chi connectivity index (χ3v) is 6.27. The Morgan fingerprint density at radius 2 is 1.61 bits per heavy atom. The molecule has 4 rings (SSSR count). The Morgan fingerprint density at radius 1 is 0.917 bits per heavy atom. The third kappa shape index (κ3) is 7.04. The van der Waals surface area contributed by atoms with Crippen molar-refractivity contribution in [2.45, 2.75) is 44.4 Å². The van der Waals surface area contributed by atoms with E-state index in [-0.39, 0.29) is 18.2 Å². The molecule has 0 atom stereocenters. The number of carbonyl (C=O) groups excluding carboxylic acids is 1. The van der Waals surface area contributed by atoms with E-state index in [4.69, 9.17) is 14.9 Å². The van der Waals surface area contributed by atoms with Crippen molar-refractivity contribution in [3.63, 3.8) is 0 Å². The number of hydrazone groups is 1. The minimum absolute atomic E-state index is 0.0259. The summed E-state index contributed by atoms with van der Waals surface area (Å²) in [5, 5.41) is 15.2. The van der Waals surface area contributed by atoms with Crippen LogP contribution in [0.15, 0.2) is 90.0 Å². The summed E-state index contributed by atoms with van der Waals surface area (Å²) in [6.45, 7) is 0.932. The quantitative estimate of drug-likeness (QED) is 0.336. The first-order chi connectivity index (χ1) is 17.6. The van der Waals surface area contributed by atoms with Crippen LogP contribution in [-0.2, 0) is 16.0 Å². The van der Waals surface area contributed by atoms with Crippen molar-refractivity contribution in [3.8, 4) is 5.75 Å². The van der Waals surface area contributed by atoms with Gasteiger partial charge >= 0.3 is 5.97 Å². The van der Waals surface area contributed by atoms with E-state index < -0.39 is 5.97 Å². The number of benzene rings is 3. The SMILES string of the molecule is O=C(O)CCCOc1cccc(CCCN2N=C(C(c3ccccc3)c3ccccc3)CCC2=O)c1. The van der Waals surface area contributed by atoms with Gasteiger partial charge in [0, 0.05) is 25.3 Å². The Bertz CT molecular complexity index is 1140. The normalized spacial score (nSPS) is 13.5. The fraction of sp³-hybridized carbons (Fsp3) is 0.300. The standard InChI is InChI=1S/C30H32N2O4/c33-28-19-18-27(30(24-12-3-1-4-13-24)25-14-5-2-6-15-25)31-32(28)20-8-11-23-10-7-16-26(22-23)36-21-9-17-29(34)35/h1-7,10,12-16,22,30H,8-9,11,17-21H2,(H,34,35). The molecule has 0 fully saturated rings. The van der Waals surface area contributed by atoms with Crippen LogP contribution in [-0.4, -0.2) is 40.9 Å². The van der Waals surface area contributed by atoms with E-state index in [1.165, 1.54) is 11.1 Å². The van der Waals surface area contributed by atoms with Gasteiger partial charge in [0.05, 0.1) is 12.3 Å². The number of rotatable bonds is 12. The molecule has 0 radical (unpaired) electrons. The zero-order valence-corrected chi connectivity index (χ0v) is 20.4. The second kappa shape index (κ2) is 12.7. The molecule has 36 heavy (non-hydrogen) atoms. The lowest BCUT2D eigenvalue weighted by molar-refractivity contribution is -0.137. The molecule has 0 aromatic heterocycles. The number of nitrogens with zero attached hydrogens (tertiary/aromatic N) is 2. The number of aryl methyl sites for hydroxylation is 1. The second-order valence-electron chi connectivity index (χ2n) is 8.96. The van der Waals surface area contributed by atoms with Crippen molar-refractivity contribution in [1.82, 2.24) is 5.01 Å². The topological polar surface area (TPSA) is 79.2 Å². The van der Waals surface area contributed by atoms with Gasteiger partial charge in [-0.25, -0.2) is 5.01 Å². The molecule has 6 heteroatoms. The molecule has 1 aliphatic rings. The number of carboxylic acid groups (broad SMARTS) is 1. The highest BCUT2D eigenvalue weighted by atomic mass is 16.5. The van der Waals surface area contributed by atoms with Crippen LogP contribution in [0.2, 0.25) is 0 Å². The van der Waals surface area contributed by atoms with Gasteiger partial charge in [0.25, 0.3) is 0 Å². The molecule has 3 aromatic rings. The van der Waals surface area contributed by atoms with Gasteiger partial charge in [0.15, 0.2) is 0 Å². The van der Waals surface area contributed by atoms with E-state index in [0.29, 0.717) is 32.4 Å². The third-order valence-electron chi connectivity index (χ3n) is 6.27. The maximum atomic E-state index is 12.7. The Kier molecular flexibility index (Phi) is 8.87. The van der Waals surface area contributed by atoms with Crippen LogP contribution < -0.4 is 4.74 Å². The summed E-state index contributed by atoms with van der Waals surface area (Å²) in [7, 11) is 0. The average Bonchev–Trinajstić information content (AvgIpc) is 2.90. The molecule has 1 aliphatic heterocycles. The van der Waals surface area contributed by atoms with E-state index in [9.17, 15) is 9.59 Å². The zero-order chi connectivity index (χ0) is 25.2. The maximum absolute atomic E-state index is 12.7. The summed E-state index contributed by atoms with van der Waals surface area (Å²) < 4.78 is 5.69. The molecular formula is C30H32N2O4. The van der Waals surface area contributed by atoms with Gasteiger partial charge in [-0.05, 0) is 54.5 Å². The molecule has 3 aromatic carbocycles. The van der Waals surface area contributed by atoms with Gasteiger partial charge in [-0.3, -0.25) is 9.59 Å². The summed E-state index contributed by atoms with van der Waals surface area (Å²) >= 11 is 0. The first kappa shape index (κ1) is 25.2. The van der Waals surface area contributed by atoms with Crippen LogP contribution in [0, 0.1) is 0 Å². The summed E-state index contributed by atoms with van der Waals surface area (Å²) in [5.41, 5.74) is 4.49. The van der Waals surface area contributed by atoms with Crippen molar-refractivity contribution in [1.29, 1.82) is 0 Å². The van der Waals surface area contributed by atoms with Crippen molar-refractivity contribution >= 4 is 17.6 Å². The summed E-state index contributed by atoms with van der Waals surface area (Å²) in [6.07, 6.45) is 3.28. The fourth-order valence-corrected chi connectivity index (χ4v) is 4.51. The summed E-state index contributed by atoms with van der Waals surface area (Å²) in [4.78, 5) is 23.3. The Labute approximate surface area is 212 Å². The first-order valence-electron chi connectivity index (χ1n) is 12.5. The Morgan fingerprint density at radius 3 is 2.28 bits per heavy atom. The van der Waals surface area contributed by atoms with Crippen LogP contribution in [0.5, 0.6) is 5.75 Å². The molecule has 0 unspecified atom stereocenters. The molecular weight excluding hydrogens is 452 g/mol. The minimum Gasteiger partial charge on any atom is -0.494 e. The van der Waals surface area contributed by atoms with E-state index in [1.807, 2.05) is 60.7 Å². The number of carboxylic acids is 1. The van der Waals surface area contributed by atoms with Crippen LogP contribution in [0.3, 0.4) is 0 Å². The molecule has 1 amide bonds. The largest absolute Gasteiger partial charge is 0.494 e. The van der Waals surface area contributed by atoms with E-state index in [1.54, 1.807) is 5.01 Å². The lowest BCUT2D eigenvalue weighted by Crippen LogP contribution is -2.34. The monoisotopic (exact) mass is 484 g/mol. The second-order valence-corrected chi connectivity index (χ2v) is 8.96. The number of amides is 1. The first-order valence-corrected chi connectivity index (χ1v) is 12.5. The minimum atomic E-state index is -0.815. The van der Waals surface area contributed by atoms with Crippen molar-refractivity contribution in [2.75, 3.05) is 13.2 Å². The number of ether oxygens (including phenoxy) is 1. The van der Waals surface area contributed by atoms with E-state index in [0.717, 1.165) is 29.9 Å². The molecule has 1 heterocycles. The van der Waals surface area contributed by atoms with Gasteiger partial charge in [-0.15, -0.1) is 0 Å². The number of hydrogen-bond acceptors (Lipinski definition) is 4. The predicted molar refractivity (Wildman–Crippen MR) is 140 cm³/mol. The van der Waals surface area contributed by atoms with Crippen molar-refractivity contribution in [3.05, 3.63) is 102 Å². The molecule has 0 bridgehead atoms. The van der Waals surface area contributed by atoms with Gasteiger partial charge in [-0.1, -0.05) is 72.8 Å². The van der Waals surface area contributed by atoms with Crippen molar-refractivity contribution < 1.29 is 19.4 Å². The number of carbonyl (C=O) groups is 2. The summed E-state index contributed by atoms with van der Waals surface area (Å²) in [5.74, 6) is 0.0113. The molecule has 0 saturated carbocycles. The highest BCUT2D eigenvalue weighted by Crippen LogP contribution is 2.30. The van der Waals surface area contributed by atoms with Gasteiger partial charge in [0.1, 0.15) is 5.75 Å². The smallest absolute Gasteiger partial charge is 0.303 e. The molecule has 0 saturated heterocycles. The van der Waals surface area contributed by atoms with Crippen molar-refractivity contribution in [2.24, 2.45) is 5.10 Å². The zero-order valence-electron chi connectivity index (χ0n) is 20.4. The Hall–Kier alpha value is -3.93. The van der Waals surface area contributed by atoms with E-state index in [2.05, 4.69) is 24.3 Å². The molecule has 0 spiro atoms. The average molecular weight is 485 g/mol. The maximum Gasteiger partial charge on any atom is 0.303 e. The van der Waals surface area contributed by atoms with Crippen LogP contribution in [0.25, 0.3) is 0 Å². The van der Waals surface area contributed by atoms with Gasteiger partial charge in [-0.2, -0.15) is 5.10 Å². The number of aliphatic carboxylic acids is 1. The van der Waals surface area contributed by atoms with Crippen LogP contribution in [0.4, 0.5) is 0 Å². The van der Waals surface area contributed by atoms with Crippen LogP contribution in [0.1, 0.15) is 54.7 Å². The molecule has 1 N–H and O–H groups in total. The lowest BCUT2D eigenvalue weighted by Gasteiger charge is -2.28. The van der Waals surface area contributed by atoms with Crippen LogP contribution >= 0.6 is 0 Å². The molecule has 0 aliphatic carbocycles. The Balaban J connectivity index is 1.40. The highest BCUT2D eigenvalue weighted by molar-refractivity contribution is 5.98. The highest BCUT2D eigenvalue weighted by Gasteiger charge is 2.27. The van der Waals surface area contributed by atoms with Gasteiger partial charge in [0.2, 0.25) is 5.91 Å². The number of hydrogen-bond donors (Lipinski definition) is 1. The predicted octanol–water partition coefficient (Wildman–Crippen LogP) is 5.67. The fourth-order valence-electron chi connectivity index (χ4n) is 4.51. The lowest BCUT2D eigenvalue weighted by atomic mass is 9.85. The molecule has 6 nitrogen and oxygen atoms in total. The van der Waals surface area contributed by atoms with E-state index >= 15 is 0 Å². The van der Waals surface area contributed by atoms with Gasteiger partial charge < -0.3 is 9.84 Å². The summed E-state index contributed by atoms with van der Waals surface area (Å²) in [6, 6.07) is 28.5.